The molecule has 1 atom stereocenters. The molecule has 0 radical (unpaired) electrons. The molecule has 6 heteroatoms. The van der Waals surface area contributed by atoms with Gasteiger partial charge in [-0.05, 0) is 79.9 Å². The number of carbonyl (C=O) groups is 2. The summed E-state index contributed by atoms with van der Waals surface area (Å²) in [4.78, 5) is 31.2. The molecule has 1 unspecified atom stereocenters. The maximum absolute atomic E-state index is 13.2. The van der Waals surface area contributed by atoms with Gasteiger partial charge in [0.2, 0.25) is 0 Å². The van der Waals surface area contributed by atoms with Crippen molar-refractivity contribution in [2.75, 3.05) is 26.2 Å². The lowest BCUT2D eigenvalue weighted by atomic mass is 9.89. The molecule has 0 saturated carbocycles. The van der Waals surface area contributed by atoms with Gasteiger partial charge in [-0.15, -0.1) is 11.3 Å². The molecule has 1 amide bonds. The van der Waals surface area contributed by atoms with Crippen LogP contribution in [0.2, 0.25) is 0 Å². The molecule has 32 heavy (non-hydrogen) atoms. The molecule has 2 aliphatic rings. The summed E-state index contributed by atoms with van der Waals surface area (Å²) in [6.07, 6.45) is 4.37. The smallest absolute Gasteiger partial charge is 0.295 e. The van der Waals surface area contributed by atoms with Crippen LogP contribution in [0.15, 0.2) is 35.2 Å². The number of thiophene rings is 1. The number of nitrogens with zero attached hydrogens (tertiary/aromatic N) is 2. The summed E-state index contributed by atoms with van der Waals surface area (Å²) >= 11 is 1.53. The van der Waals surface area contributed by atoms with Crippen molar-refractivity contribution in [3.8, 4) is 0 Å². The molecule has 1 fully saturated rings. The maximum Gasteiger partial charge on any atom is 0.295 e. The number of benzene rings is 1. The topological polar surface area (TPSA) is 60.9 Å². The van der Waals surface area contributed by atoms with Crippen LogP contribution in [0.5, 0.6) is 0 Å². The first-order valence-electron chi connectivity index (χ1n) is 11.6. The van der Waals surface area contributed by atoms with E-state index in [4.69, 9.17) is 0 Å². The highest BCUT2D eigenvalue weighted by Gasteiger charge is 2.47. The molecule has 170 valence electrons. The highest BCUT2D eigenvalue weighted by atomic mass is 32.1. The lowest BCUT2D eigenvalue weighted by Gasteiger charge is -2.28. The zero-order valence-corrected chi connectivity index (χ0v) is 20.0. The second-order valence-corrected chi connectivity index (χ2v) is 9.63. The molecule has 1 N–H and O–H groups in total. The third kappa shape index (κ3) is 4.14. The molecule has 5 nitrogen and oxygen atoms in total. The van der Waals surface area contributed by atoms with Gasteiger partial charge in [0.1, 0.15) is 5.76 Å². The van der Waals surface area contributed by atoms with Crippen molar-refractivity contribution in [2.45, 2.75) is 52.5 Å². The minimum Gasteiger partial charge on any atom is -0.507 e. The Kier molecular flexibility index (Phi) is 6.82. The van der Waals surface area contributed by atoms with Gasteiger partial charge >= 0.3 is 0 Å². The number of amides is 1. The van der Waals surface area contributed by atoms with Gasteiger partial charge in [0, 0.05) is 23.5 Å². The first-order chi connectivity index (χ1) is 15.5. The number of aliphatic hydroxyl groups is 1. The minimum atomic E-state index is -0.586. The van der Waals surface area contributed by atoms with E-state index >= 15 is 0 Å². The van der Waals surface area contributed by atoms with Crippen molar-refractivity contribution in [1.82, 2.24) is 9.80 Å². The number of ketones is 1. The van der Waals surface area contributed by atoms with E-state index < -0.39 is 17.7 Å². The number of aryl methyl sites for hydroxylation is 3. The SMILES string of the molecule is CCN(CC)CCN1C(=O)C(=O)/C(=C(\O)c2ccc3c(c2)CCCC3)C1c1sccc1C. The van der Waals surface area contributed by atoms with Crippen molar-refractivity contribution in [2.24, 2.45) is 0 Å². The van der Waals surface area contributed by atoms with Crippen LogP contribution in [0.25, 0.3) is 5.76 Å². The minimum absolute atomic E-state index is 0.0557. The fraction of sp³-hybridized carbons (Fsp3) is 0.462. The van der Waals surface area contributed by atoms with Crippen LogP contribution < -0.4 is 0 Å². The summed E-state index contributed by atoms with van der Waals surface area (Å²) in [5.41, 5.74) is 4.44. The molecule has 1 saturated heterocycles. The van der Waals surface area contributed by atoms with E-state index in [-0.39, 0.29) is 11.3 Å². The standard InChI is InChI=1S/C26H32N2O3S/c1-4-27(5-2)13-14-28-22(25-17(3)12-15-32-25)21(24(30)26(28)31)23(29)20-11-10-18-8-6-7-9-19(18)16-20/h10-12,15-16,22,29H,4-9,13-14H2,1-3H3/b23-21-. The molecule has 1 aromatic heterocycles. The molecular formula is C26H32N2O3S. The number of likely N-dealkylation sites (N-methyl/N-ethyl adjacent to an activating group) is 1. The zero-order chi connectivity index (χ0) is 22.8. The third-order valence-corrected chi connectivity index (χ3v) is 7.93. The van der Waals surface area contributed by atoms with E-state index in [0.29, 0.717) is 18.7 Å². The Morgan fingerprint density at radius 3 is 2.50 bits per heavy atom. The molecule has 2 aromatic rings. The number of carbonyl (C=O) groups excluding carboxylic acids is 2. The van der Waals surface area contributed by atoms with Crippen LogP contribution >= 0.6 is 11.3 Å². The summed E-state index contributed by atoms with van der Waals surface area (Å²) in [6, 6.07) is 7.42. The Hall–Kier alpha value is -2.44. The number of hydrogen-bond donors (Lipinski definition) is 1. The van der Waals surface area contributed by atoms with E-state index in [1.54, 1.807) is 4.90 Å². The maximum atomic E-state index is 13.2. The van der Waals surface area contributed by atoms with Gasteiger partial charge in [0.15, 0.2) is 0 Å². The Bertz CT molecular complexity index is 1050. The first-order valence-corrected chi connectivity index (χ1v) is 12.5. The molecule has 4 rings (SSSR count). The van der Waals surface area contributed by atoms with Crippen molar-refractivity contribution in [1.29, 1.82) is 0 Å². The summed E-state index contributed by atoms with van der Waals surface area (Å²) < 4.78 is 0. The van der Waals surface area contributed by atoms with E-state index in [2.05, 4.69) is 24.8 Å². The average molecular weight is 453 g/mol. The van der Waals surface area contributed by atoms with E-state index in [9.17, 15) is 14.7 Å². The second kappa shape index (κ2) is 9.59. The number of aliphatic hydroxyl groups excluding tert-OH is 1. The Balaban J connectivity index is 1.77. The normalized spacial score (nSPS) is 20.2. The van der Waals surface area contributed by atoms with Gasteiger partial charge in [-0.3, -0.25) is 9.59 Å². The van der Waals surface area contributed by atoms with Crippen molar-refractivity contribution >= 4 is 28.8 Å². The van der Waals surface area contributed by atoms with Crippen molar-refractivity contribution < 1.29 is 14.7 Å². The van der Waals surface area contributed by atoms with Crippen LogP contribution in [-0.4, -0.2) is 52.8 Å². The van der Waals surface area contributed by atoms with Crippen molar-refractivity contribution in [3.63, 3.8) is 0 Å². The Morgan fingerprint density at radius 1 is 1.12 bits per heavy atom. The highest BCUT2D eigenvalue weighted by molar-refractivity contribution is 7.10. The lowest BCUT2D eigenvalue weighted by molar-refractivity contribution is -0.140. The monoisotopic (exact) mass is 452 g/mol. The number of rotatable bonds is 7. The number of hydrogen-bond acceptors (Lipinski definition) is 5. The van der Waals surface area contributed by atoms with Gasteiger partial charge in [0.05, 0.1) is 11.6 Å². The number of fused-ring (bicyclic) bond motifs is 1. The van der Waals surface area contributed by atoms with Gasteiger partial charge in [-0.25, -0.2) is 0 Å². The lowest BCUT2D eigenvalue weighted by Crippen LogP contribution is -2.37. The average Bonchev–Trinajstić information content (AvgIpc) is 3.34. The Labute approximate surface area is 194 Å². The van der Waals surface area contributed by atoms with E-state index in [0.717, 1.165) is 42.8 Å². The quantitative estimate of drug-likeness (QED) is 0.376. The number of likely N-dealkylation sites (tertiary alicyclic amines) is 1. The van der Waals surface area contributed by atoms with Gasteiger partial charge in [-0.1, -0.05) is 26.0 Å². The van der Waals surface area contributed by atoms with Gasteiger partial charge < -0.3 is 14.9 Å². The molecular weight excluding hydrogens is 420 g/mol. The van der Waals surface area contributed by atoms with Gasteiger partial charge in [-0.2, -0.15) is 0 Å². The van der Waals surface area contributed by atoms with Crippen LogP contribution in [-0.2, 0) is 22.4 Å². The fourth-order valence-corrected chi connectivity index (χ4v) is 5.92. The van der Waals surface area contributed by atoms with E-state index in [1.165, 1.54) is 28.9 Å². The van der Waals surface area contributed by atoms with Gasteiger partial charge in [0.25, 0.3) is 11.7 Å². The van der Waals surface area contributed by atoms with Crippen LogP contribution in [0.1, 0.15) is 59.9 Å². The second-order valence-electron chi connectivity index (χ2n) is 8.68. The van der Waals surface area contributed by atoms with Crippen LogP contribution in [0.3, 0.4) is 0 Å². The number of Topliss-reactive ketones (excluding diaryl/α,β-unsaturated/α-hetero) is 1. The zero-order valence-electron chi connectivity index (χ0n) is 19.2. The van der Waals surface area contributed by atoms with E-state index in [1.807, 2.05) is 30.5 Å². The molecule has 0 bridgehead atoms. The van der Waals surface area contributed by atoms with Crippen molar-refractivity contribution in [3.05, 3.63) is 62.3 Å². The summed E-state index contributed by atoms with van der Waals surface area (Å²) in [7, 11) is 0. The highest BCUT2D eigenvalue weighted by Crippen LogP contribution is 2.42. The summed E-state index contributed by atoms with van der Waals surface area (Å²) in [6.45, 7) is 9.10. The predicted octanol–water partition coefficient (Wildman–Crippen LogP) is 4.70. The molecule has 1 aliphatic carbocycles. The predicted molar refractivity (Wildman–Crippen MR) is 129 cm³/mol. The van der Waals surface area contributed by atoms with Crippen LogP contribution in [0, 0.1) is 6.92 Å². The molecule has 2 heterocycles. The molecule has 1 aliphatic heterocycles. The molecule has 1 aromatic carbocycles. The Morgan fingerprint density at radius 2 is 1.84 bits per heavy atom. The fourth-order valence-electron chi connectivity index (χ4n) is 4.87. The largest absolute Gasteiger partial charge is 0.507 e. The third-order valence-electron chi connectivity index (χ3n) is 6.86. The summed E-state index contributed by atoms with van der Waals surface area (Å²) in [5.74, 6) is -1.16. The summed E-state index contributed by atoms with van der Waals surface area (Å²) in [5, 5.41) is 13.3. The first kappa shape index (κ1) is 22.7. The molecule has 0 spiro atoms. The van der Waals surface area contributed by atoms with Crippen LogP contribution in [0.4, 0.5) is 0 Å².